The van der Waals surface area contributed by atoms with Gasteiger partial charge in [0, 0.05) is 12.7 Å². The summed E-state index contributed by atoms with van der Waals surface area (Å²) < 4.78 is 0. The number of benzene rings is 1. The maximum atomic E-state index is 5.73. The Morgan fingerprint density at radius 2 is 1.94 bits per heavy atom. The number of hydrogen-bond acceptors (Lipinski definition) is 5. The molecule has 0 bridgehead atoms. The van der Waals surface area contributed by atoms with Crippen molar-refractivity contribution in [1.29, 1.82) is 0 Å². The van der Waals surface area contributed by atoms with Gasteiger partial charge in [-0.1, -0.05) is 18.2 Å². The smallest absolute Gasteiger partial charge is 0.229 e. The van der Waals surface area contributed by atoms with E-state index in [0.29, 0.717) is 11.8 Å². The van der Waals surface area contributed by atoms with Crippen LogP contribution in [-0.4, -0.2) is 17.0 Å². The van der Waals surface area contributed by atoms with E-state index >= 15 is 0 Å². The fourth-order valence-electron chi connectivity index (χ4n) is 1.30. The summed E-state index contributed by atoms with van der Waals surface area (Å²) in [4.78, 5) is 8.27. The van der Waals surface area contributed by atoms with E-state index in [-0.39, 0.29) is 0 Å². The highest BCUT2D eigenvalue weighted by Gasteiger charge is 2.02. The van der Waals surface area contributed by atoms with Crippen LogP contribution in [-0.2, 0) is 0 Å². The number of aromatic nitrogens is 2. The summed E-state index contributed by atoms with van der Waals surface area (Å²) in [6.45, 7) is 0. The Kier molecular flexibility index (Phi) is 2.86. The molecule has 0 radical (unpaired) electrons. The quantitative estimate of drug-likeness (QED) is 0.728. The summed E-state index contributed by atoms with van der Waals surface area (Å²) in [6, 6.07) is 9.70. The zero-order chi connectivity index (χ0) is 11.4. The van der Waals surface area contributed by atoms with E-state index in [0.717, 1.165) is 11.4 Å². The number of para-hydroxylation sites is 1. The minimum absolute atomic E-state index is 0.427. The van der Waals surface area contributed by atoms with Crippen LogP contribution < -0.4 is 16.4 Å². The number of nitrogens with two attached hydrogens (primary N) is 1. The fourth-order valence-corrected chi connectivity index (χ4v) is 1.30. The van der Waals surface area contributed by atoms with E-state index in [1.165, 1.54) is 0 Å². The minimum Gasteiger partial charge on any atom is -0.384 e. The Balaban J connectivity index is 2.20. The Bertz CT molecular complexity index is 469. The Morgan fingerprint density at radius 3 is 2.56 bits per heavy atom. The molecule has 82 valence electrons. The molecule has 0 aliphatic heterocycles. The molecule has 0 unspecified atom stereocenters. The van der Waals surface area contributed by atoms with E-state index in [4.69, 9.17) is 5.73 Å². The standard InChI is InChI=1S/C11H13N5/c1-13-9-7-14-11(16-10(9)12)15-8-5-3-2-4-6-8/h2-7,13H,1H3,(H3,12,14,15,16). The van der Waals surface area contributed by atoms with Crippen molar-refractivity contribution in [1.82, 2.24) is 9.97 Å². The van der Waals surface area contributed by atoms with Crippen molar-refractivity contribution in [3.05, 3.63) is 36.5 Å². The van der Waals surface area contributed by atoms with Gasteiger partial charge in [-0.2, -0.15) is 4.98 Å². The summed E-state index contributed by atoms with van der Waals surface area (Å²) in [5, 5.41) is 5.97. The van der Waals surface area contributed by atoms with Gasteiger partial charge in [0.05, 0.1) is 11.9 Å². The first-order valence-electron chi connectivity index (χ1n) is 4.92. The highest BCUT2D eigenvalue weighted by Crippen LogP contribution is 2.17. The second-order valence-electron chi connectivity index (χ2n) is 3.23. The van der Waals surface area contributed by atoms with E-state index in [1.807, 2.05) is 30.3 Å². The third kappa shape index (κ3) is 2.20. The molecular weight excluding hydrogens is 202 g/mol. The first-order chi connectivity index (χ1) is 7.79. The van der Waals surface area contributed by atoms with Crippen LogP contribution in [0.4, 0.5) is 23.1 Å². The van der Waals surface area contributed by atoms with Crippen molar-refractivity contribution in [3.8, 4) is 0 Å². The van der Waals surface area contributed by atoms with Crippen molar-refractivity contribution in [2.75, 3.05) is 23.4 Å². The van der Waals surface area contributed by atoms with Gasteiger partial charge in [0.25, 0.3) is 0 Å². The molecular formula is C11H13N5. The molecule has 5 nitrogen and oxygen atoms in total. The van der Waals surface area contributed by atoms with Crippen LogP contribution in [0.1, 0.15) is 0 Å². The normalized spacial score (nSPS) is 9.81. The number of hydrogen-bond donors (Lipinski definition) is 3. The highest BCUT2D eigenvalue weighted by atomic mass is 15.1. The van der Waals surface area contributed by atoms with Gasteiger partial charge in [-0.15, -0.1) is 0 Å². The monoisotopic (exact) mass is 215 g/mol. The van der Waals surface area contributed by atoms with Crippen molar-refractivity contribution < 1.29 is 0 Å². The second kappa shape index (κ2) is 4.48. The van der Waals surface area contributed by atoms with E-state index < -0.39 is 0 Å². The fraction of sp³-hybridized carbons (Fsp3) is 0.0909. The molecule has 0 spiro atoms. The van der Waals surface area contributed by atoms with E-state index in [2.05, 4.69) is 20.6 Å². The third-order valence-electron chi connectivity index (χ3n) is 2.12. The number of anilines is 4. The molecule has 0 aliphatic rings. The predicted octanol–water partition coefficient (Wildman–Crippen LogP) is 1.84. The Morgan fingerprint density at radius 1 is 1.19 bits per heavy atom. The van der Waals surface area contributed by atoms with Gasteiger partial charge in [0.1, 0.15) is 0 Å². The molecule has 16 heavy (non-hydrogen) atoms. The maximum absolute atomic E-state index is 5.73. The zero-order valence-corrected chi connectivity index (χ0v) is 8.94. The number of rotatable bonds is 3. The second-order valence-corrected chi connectivity index (χ2v) is 3.23. The van der Waals surface area contributed by atoms with Gasteiger partial charge in [0.2, 0.25) is 5.95 Å². The lowest BCUT2D eigenvalue weighted by atomic mass is 10.3. The topological polar surface area (TPSA) is 75.9 Å². The van der Waals surface area contributed by atoms with E-state index in [1.54, 1.807) is 13.2 Å². The predicted molar refractivity (Wildman–Crippen MR) is 65.7 cm³/mol. The van der Waals surface area contributed by atoms with Crippen molar-refractivity contribution in [3.63, 3.8) is 0 Å². The van der Waals surface area contributed by atoms with Crippen molar-refractivity contribution >= 4 is 23.1 Å². The third-order valence-corrected chi connectivity index (χ3v) is 2.12. The van der Waals surface area contributed by atoms with Crippen LogP contribution in [0.5, 0.6) is 0 Å². The summed E-state index contributed by atoms with van der Waals surface area (Å²) in [5.74, 6) is 0.915. The van der Waals surface area contributed by atoms with Gasteiger partial charge in [0.15, 0.2) is 5.82 Å². The van der Waals surface area contributed by atoms with Crippen LogP contribution in [0.25, 0.3) is 0 Å². The number of nitrogens with one attached hydrogen (secondary N) is 2. The average molecular weight is 215 g/mol. The molecule has 4 N–H and O–H groups in total. The van der Waals surface area contributed by atoms with Crippen LogP contribution in [0.3, 0.4) is 0 Å². The molecule has 1 aromatic heterocycles. The van der Waals surface area contributed by atoms with E-state index in [9.17, 15) is 0 Å². The molecule has 2 rings (SSSR count). The van der Waals surface area contributed by atoms with Crippen molar-refractivity contribution in [2.24, 2.45) is 0 Å². The molecule has 0 saturated heterocycles. The molecule has 0 aliphatic carbocycles. The zero-order valence-electron chi connectivity index (χ0n) is 8.94. The first kappa shape index (κ1) is 10.2. The molecule has 0 amide bonds. The van der Waals surface area contributed by atoms with Gasteiger partial charge in [-0.3, -0.25) is 0 Å². The first-order valence-corrected chi connectivity index (χ1v) is 4.92. The average Bonchev–Trinajstić information content (AvgIpc) is 2.31. The number of nitrogens with zero attached hydrogens (tertiary/aromatic N) is 2. The lowest BCUT2D eigenvalue weighted by molar-refractivity contribution is 1.17. The molecule has 1 aromatic carbocycles. The summed E-state index contributed by atoms with van der Waals surface area (Å²) in [5.41, 5.74) is 7.38. The van der Waals surface area contributed by atoms with Gasteiger partial charge in [-0.25, -0.2) is 4.98 Å². The van der Waals surface area contributed by atoms with Crippen LogP contribution >= 0.6 is 0 Å². The minimum atomic E-state index is 0.427. The van der Waals surface area contributed by atoms with Crippen LogP contribution in [0.2, 0.25) is 0 Å². The molecule has 5 heteroatoms. The summed E-state index contributed by atoms with van der Waals surface area (Å²) >= 11 is 0. The van der Waals surface area contributed by atoms with Gasteiger partial charge in [-0.05, 0) is 12.1 Å². The molecule has 2 aromatic rings. The molecule has 0 fully saturated rings. The van der Waals surface area contributed by atoms with Gasteiger partial charge >= 0.3 is 0 Å². The van der Waals surface area contributed by atoms with Gasteiger partial charge < -0.3 is 16.4 Å². The Hall–Kier alpha value is -2.30. The molecule has 1 heterocycles. The Labute approximate surface area is 93.7 Å². The lowest BCUT2D eigenvalue weighted by Crippen LogP contribution is -2.03. The summed E-state index contributed by atoms with van der Waals surface area (Å²) in [6.07, 6.45) is 1.65. The highest BCUT2D eigenvalue weighted by molar-refractivity contribution is 5.63. The van der Waals surface area contributed by atoms with Crippen LogP contribution in [0.15, 0.2) is 36.5 Å². The number of nitrogen functional groups attached to an aromatic ring is 1. The largest absolute Gasteiger partial charge is 0.384 e. The van der Waals surface area contributed by atoms with Crippen LogP contribution in [0, 0.1) is 0 Å². The maximum Gasteiger partial charge on any atom is 0.229 e. The summed E-state index contributed by atoms with van der Waals surface area (Å²) in [7, 11) is 1.78. The van der Waals surface area contributed by atoms with Crippen molar-refractivity contribution in [2.45, 2.75) is 0 Å². The lowest BCUT2D eigenvalue weighted by Gasteiger charge is -2.07. The molecule has 0 saturated carbocycles. The SMILES string of the molecule is CNc1cnc(Nc2ccccc2)nc1N. The molecule has 0 atom stereocenters.